The van der Waals surface area contributed by atoms with Gasteiger partial charge in [0.25, 0.3) is 11.8 Å². The first-order chi connectivity index (χ1) is 27.3. The molecule has 0 aromatic heterocycles. The number of carbonyl (C=O) groups is 2. The van der Waals surface area contributed by atoms with Gasteiger partial charge in [-0.05, 0) is 83.9 Å². The van der Waals surface area contributed by atoms with Gasteiger partial charge in [-0.25, -0.2) is 0 Å². The van der Waals surface area contributed by atoms with Crippen LogP contribution in [0.25, 0.3) is 22.3 Å². The number of rotatable bonds is 8. The molecule has 0 aliphatic rings. The van der Waals surface area contributed by atoms with Crippen LogP contribution in [-0.2, 0) is 5.41 Å². The fraction of sp³-hybridized carbons (Fsp3) is 0.0612. The van der Waals surface area contributed by atoms with Crippen LogP contribution in [0, 0.1) is 49.4 Å². The molecule has 8 nitrogen and oxygen atoms in total. The second kappa shape index (κ2) is 15.6. The number of hydrogen-bond acceptors (Lipinski definition) is 6. The van der Waals surface area contributed by atoms with Gasteiger partial charge >= 0.3 is 0 Å². The summed E-state index contributed by atoms with van der Waals surface area (Å²) in [6.07, 6.45) is 22.4. The van der Waals surface area contributed by atoms with Crippen molar-refractivity contribution in [1.82, 2.24) is 0 Å². The SMILES string of the molecule is C#Cc1ccc(C(=O)Nc2c(-c3c(O)cccc3C(C)(C)c3cccc(O)c3-c3ccc(C#C)c(O)c3NC(=O)c3ccc(C#C)cc3)ccc(C#C)c2O)cc1. The molecule has 57 heavy (non-hydrogen) atoms. The molecule has 0 fully saturated rings. The fourth-order valence-corrected chi connectivity index (χ4v) is 6.73. The maximum atomic E-state index is 13.6. The van der Waals surface area contributed by atoms with E-state index in [4.69, 9.17) is 25.7 Å². The quantitative estimate of drug-likeness (QED) is 0.0682. The summed E-state index contributed by atoms with van der Waals surface area (Å²) in [6.45, 7) is 3.71. The van der Waals surface area contributed by atoms with Crippen LogP contribution in [0.4, 0.5) is 11.4 Å². The smallest absolute Gasteiger partial charge is 0.255 e. The van der Waals surface area contributed by atoms with Crippen LogP contribution in [0.1, 0.15) is 67.9 Å². The number of nitrogens with one attached hydrogen (secondary N) is 2. The highest BCUT2D eigenvalue weighted by Gasteiger charge is 2.34. The lowest BCUT2D eigenvalue weighted by Gasteiger charge is -2.32. The summed E-state index contributed by atoms with van der Waals surface area (Å²) >= 11 is 0. The molecule has 0 saturated carbocycles. The molecule has 8 heteroatoms. The van der Waals surface area contributed by atoms with Crippen LogP contribution in [0.15, 0.2) is 109 Å². The van der Waals surface area contributed by atoms with Crippen molar-refractivity contribution < 1.29 is 30.0 Å². The van der Waals surface area contributed by atoms with Crippen molar-refractivity contribution in [3.05, 3.63) is 154 Å². The van der Waals surface area contributed by atoms with Crippen molar-refractivity contribution in [2.45, 2.75) is 19.3 Å². The highest BCUT2D eigenvalue weighted by Crippen LogP contribution is 2.51. The molecule has 0 heterocycles. The number of hydrogen-bond donors (Lipinski definition) is 6. The maximum absolute atomic E-state index is 13.6. The van der Waals surface area contributed by atoms with E-state index in [9.17, 15) is 30.0 Å². The molecule has 6 aromatic rings. The second-order valence-electron chi connectivity index (χ2n) is 13.4. The highest BCUT2D eigenvalue weighted by molar-refractivity contribution is 6.09. The normalized spacial score (nSPS) is 10.6. The summed E-state index contributed by atoms with van der Waals surface area (Å²) in [5.74, 6) is 7.52. The third kappa shape index (κ3) is 7.19. The Kier molecular flexibility index (Phi) is 10.5. The van der Waals surface area contributed by atoms with Gasteiger partial charge in [-0.1, -0.05) is 73.9 Å². The summed E-state index contributed by atoms with van der Waals surface area (Å²) in [6, 6.07) is 28.5. The number of anilines is 2. The minimum absolute atomic E-state index is 0.0544. The van der Waals surface area contributed by atoms with Gasteiger partial charge in [0.1, 0.15) is 11.5 Å². The van der Waals surface area contributed by atoms with Crippen LogP contribution < -0.4 is 10.6 Å². The van der Waals surface area contributed by atoms with Gasteiger partial charge in [-0.15, -0.1) is 25.7 Å². The zero-order valence-corrected chi connectivity index (χ0v) is 30.8. The van der Waals surface area contributed by atoms with E-state index in [-0.39, 0.29) is 67.4 Å². The molecule has 0 saturated heterocycles. The van der Waals surface area contributed by atoms with E-state index in [0.717, 1.165) is 0 Å². The Bertz CT molecular complexity index is 2580. The van der Waals surface area contributed by atoms with Gasteiger partial charge in [-0.2, -0.15) is 0 Å². The lowest BCUT2D eigenvalue weighted by molar-refractivity contribution is 0.101. The molecular formula is C49H34N2O6. The van der Waals surface area contributed by atoms with Crippen molar-refractivity contribution in [1.29, 1.82) is 0 Å². The van der Waals surface area contributed by atoms with E-state index in [2.05, 4.69) is 34.3 Å². The van der Waals surface area contributed by atoms with Gasteiger partial charge in [0.05, 0.1) is 22.5 Å². The largest absolute Gasteiger partial charge is 0.507 e. The number of phenols is 4. The summed E-state index contributed by atoms with van der Waals surface area (Å²) < 4.78 is 0. The molecule has 0 radical (unpaired) electrons. The number of phenolic OH excluding ortho intramolecular Hbond substituents is 4. The average Bonchev–Trinajstić information content (AvgIpc) is 3.22. The van der Waals surface area contributed by atoms with Crippen molar-refractivity contribution in [2.24, 2.45) is 0 Å². The van der Waals surface area contributed by atoms with Crippen molar-refractivity contribution in [3.8, 4) is 94.6 Å². The minimum atomic E-state index is -1.11. The molecular weight excluding hydrogens is 713 g/mol. The summed E-state index contributed by atoms with van der Waals surface area (Å²) in [4.78, 5) is 27.2. The Morgan fingerprint density at radius 1 is 0.509 bits per heavy atom. The summed E-state index contributed by atoms with van der Waals surface area (Å²) in [5, 5.41) is 51.7. The second-order valence-corrected chi connectivity index (χ2v) is 13.4. The Morgan fingerprint density at radius 2 is 0.877 bits per heavy atom. The van der Waals surface area contributed by atoms with Crippen molar-refractivity contribution in [2.75, 3.05) is 10.6 Å². The standard InChI is InChI=1S/C49H34N2O6/c1-7-29-17-21-33(22-18-29)47(56)50-43-35(27-25-31(9-3)45(43)54)41-37(13-11-15-39(41)52)49(5,6)38-14-12-16-40(53)42(38)36-28-26-32(10-4)46(55)44(36)51-48(57)34-23-19-30(8-2)20-24-34/h1-4,11-28,52-55H,5-6H3,(H,50,56)(H,51,57). The van der Waals surface area contributed by atoms with E-state index >= 15 is 0 Å². The molecule has 6 N–H and O–H groups in total. The molecule has 0 bridgehead atoms. The summed E-state index contributed by atoms with van der Waals surface area (Å²) in [7, 11) is 0. The van der Waals surface area contributed by atoms with Gasteiger partial charge < -0.3 is 31.1 Å². The van der Waals surface area contributed by atoms with Crippen LogP contribution in [0.5, 0.6) is 23.0 Å². The number of benzene rings is 6. The van der Waals surface area contributed by atoms with Crippen molar-refractivity contribution in [3.63, 3.8) is 0 Å². The zero-order valence-electron chi connectivity index (χ0n) is 30.8. The molecule has 0 spiro atoms. The first-order valence-electron chi connectivity index (χ1n) is 17.4. The van der Waals surface area contributed by atoms with E-state index < -0.39 is 28.7 Å². The van der Waals surface area contributed by atoms with Gasteiger partial charge in [0.15, 0.2) is 11.5 Å². The zero-order chi connectivity index (χ0) is 41.0. The Labute approximate surface area is 330 Å². The van der Waals surface area contributed by atoms with Crippen LogP contribution in [0.3, 0.4) is 0 Å². The molecule has 0 atom stereocenters. The molecule has 0 unspecified atom stereocenters. The first-order valence-corrected chi connectivity index (χ1v) is 17.4. The Morgan fingerprint density at radius 3 is 1.21 bits per heavy atom. The first kappa shape index (κ1) is 38.4. The maximum Gasteiger partial charge on any atom is 0.255 e. The third-order valence-electron chi connectivity index (χ3n) is 9.74. The number of carbonyl (C=O) groups excluding carboxylic acids is 2. The molecule has 0 aliphatic heterocycles. The van der Waals surface area contributed by atoms with Gasteiger partial charge in [0.2, 0.25) is 0 Å². The van der Waals surface area contributed by atoms with Crippen LogP contribution >= 0.6 is 0 Å². The topological polar surface area (TPSA) is 139 Å². The molecule has 0 aliphatic carbocycles. The number of amides is 2. The third-order valence-corrected chi connectivity index (χ3v) is 9.74. The molecule has 2 amide bonds. The fourth-order valence-electron chi connectivity index (χ4n) is 6.73. The number of terminal acetylenes is 4. The predicted octanol–water partition coefficient (Wildman–Crippen LogP) is 8.60. The Balaban J connectivity index is 1.53. The van der Waals surface area contributed by atoms with Gasteiger partial charge in [0, 0.05) is 49.9 Å². The van der Waals surface area contributed by atoms with Crippen LogP contribution in [0.2, 0.25) is 0 Å². The monoisotopic (exact) mass is 746 g/mol. The summed E-state index contributed by atoms with van der Waals surface area (Å²) in [5.41, 5.74) is 2.58. The Hall–Kier alpha value is -8.30. The highest BCUT2D eigenvalue weighted by atomic mass is 16.3. The van der Waals surface area contributed by atoms with Crippen LogP contribution in [-0.4, -0.2) is 32.2 Å². The van der Waals surface area contributed by atoms with Gasteiger partial charge in [-0.3, -0.25) is 9.59 Å². The van der Waals surface area contributed by atoms with E-state index in [0.29, 0.717) is 22.3 Å². The lowest BCUT2D eigenvalue weighted by Crippen LogP contribution is -2.22. The number of aromatic hydroxyl groups is 4. The average molecular weight is 747 g/mol. The molecule has 6 aromatic carbocycles. The van der Waals surface area contributed by atoms with E-state index in [1.807, 2.05) is 13.8 Å². The molecule has 276 valence electrons. The predicted molar refractivity (Wildman–Crippen MR) is 223 cm³/mol. The van der Waals surface area contributed by atoms with E-state index in [1.165, 1.54) is 24.3 Å². The van der Waals surface area contributed by atoms with E-state index in [1.54, 1.807) is 84.9 Å². The van der Waals surface area contributed by atoms with Crippen molar-refractivity contribution >= 4 is 23.2 Å². The molecule has 6 rings (SSSR count). The lowest BCUT2D eigenvalue weighted by atomic mass is 9.71. The minimum Gasteiger partial charge on any atom is -0.507 e.